The van der Waals surface area contributed by atoms with E-state index in [4.69, 9.17) is 4.42 Å². The van der Waals surface area contributed by atoms with E-state index in [1.807, 2.05) is 18.2 Å². The third-order valence-electron chi connectivity index (χ3n) is 3.85. The summed E-state index contributed by atoms with van der Waals surface area (Å²) in [4.78, 5) is 11.6. The number of carbonyl (C=O) groups excluding carboxylic acids is 1. The summed E-state index contributed by atoms with van der Waals surface area (Å²) in [6, 6.07) is 10.1. The lowest BCUT2D eigenvalue weighted by Gasteiger charge is -2.23. The van der Waals surface area contributed by atoms with E-state index < -0.39 is 0 Å². The van der Waals surface area contributed by atoms with Crippen molar-refractivity contribution in [3.8, 4) is 0 Å². The van der Waals surface area contributed by atoms with Crippen molar-refractivity contribution < 1.29 is 9.21 Å². The van der Waals surface area contributed by atoms with Crippen LogP contribution in [0.2, 0.25) is 0 Å². The van der Waals surface area contributed by atoms with Gasteiger partial charge in [0.1, 0.15) is 11.3 Å². The molecular weight excluding hydrogens is 238 g/mol. The molecule has 1 aromatic carbocycles. The molecule has 3 nitrogen and oxygen atoms in total. The van der Waals surface area contributed by atoms with Gasteiger partial charge in [0.2, 0.25) is 5.91 Å². The van der Waals surface area contributed by atoms with Crippen molar-refractivity contribution in [2.75, 3.05) is 6.54 Å². The predicted molar refractivity (Wildman–Crippen MR) is 74.9 cm³/mol. The molecule has 0 spiro atoms. The first-order valence-corrected chi connectivity index (χ1v) is 7.08. The van der Waals surface area contributed by atoms with Crippen molar-refractivity contribution in [1.29, 1.82) is 0 Å². The second-order valence-corrected chi connectivity index (χ2v) is 5.27. The van der Waals surface area contributed by atoms with Crippen LogP contribution in [0.4, 0.5) is 0 Å². The molecule has 1 saturated carbocycles. The van der Waals surface area contributed by atoms with Crippen LogP contribution in [0.25, 0.3) is 11.0 Å². The number of carbonyl (C=O) groups is 1. The van der Waals surface area contributed by atoms with Gasteiger partial charge < -0.3 is 9.73 Å². The SMILES string of the molecule is O=C(NCCCc1cc2ccccc2o1)C1CCC1. The molecule has 1 N–H and O–H groups in total. The first kappa shape index (κ1) is 12.3. The number of aryl methyl sites for hydroxylation is 1. The molecule has 19 heavy (non-hydrogen) atoms. The van der Waals surface area contributed by atoms with Crippen molar-refractivity contribution in [3.63, 3.8) is 0 Å². The Morgan fingerprint density at radius 1 is 1.32 bits per heavy atom. The molecule has 1 aromatic heterocycles. The van der Waals surface area contributed by atoms with Crippen LogP contribution in [-0.4, -0.2) is 12.5 Å². The topological polar surface area (TPSA) is 42.2 Å². The molecule has 0 saturated heterocycles. The van der Waals surface area contributed by atoms with Gasteiger partial charge in [-0.1, -0.05) is 24.6 Å². The average Bonchev–Trinajstić information content (AvgIpc) is 2.75. The zero-order chi connectivity index (χ0) is 13.1. The van der Waals surface area contributed by atoms with Crippen LogP contribution in [0.5, 0.6) is 0 Å². The Kier molecular flexibility index (Phi) is 3.53. The van der Waals surface area contributed by atoms with E-state index in [-0.39, 0.29) is 11.8 Å². The van der Waals surface area contributed by atoms with Crippen molar-refractivity contribution >= 4 is 16.9 Å². The number of nitrogens with one attached hydrogen (secondary N) is 1. The van der Waals surface area contributed by atoms with Crippen LogP contribution in [0.3, 0.4) is 0 Å². The summed E-state index contributed by atoms with van der Waals surface area (Å²) in [6.45, 7) is 0.742. The summed E-state index contributed by atoms with van der Waals surface area (Å²) in [5, 5.41) is 4.16. The number of para-hydroxylation sites is 1. The van der Waals surface area contributed by atoms with Crippen LogP contribution in [0.15, 0.2) is 34.7 Å². The van der Waals surface area contributed by atoms with Crippen molar-refractivity contribution in [3.05, 3.63) is 36.1 Å². The van der Waals surface area contributed by atoms with Crippen molar-refractivity contribution in [1.82, 2.24) is 5.32 Å². The van der Waals surface area contributed by atoms with E-state index in [1.165, 1.54) is 6.42 Å². The summed E-state index contributed by atoms with van der Waals surface area (Å²) in [5.74, 6) is 1.51. The van der Waals surface area contributed by atoms with E-state index in [0.29, 0.717) is 0 Å². The van der Waals surface area contributed by atoms with Gasteiger partial charge in [0.05, 0.1) is 0 Å². The van der Waals surface area contributed by atoms with E-state index in [0.717, 1.165) is 49.0 Å². The Balaban J connectivity index is 1.45. The Morgan fingerprint density at radius 2 is 2.16 bits per heavy atom. The lowest BCUT2D eigenvalue weighted by atomic mass is 9.85. The minimum atomic E-state index is 0.232. The molecule has 1 aliphatic carbocycles. The number of amides is 1. The molecule has 1 fully saturated rings. The number of furan rings is 1. The maximum Gasteiger partial charge on any atom is 0.223 e. The highest BCUT2D eigenvalue weighted by Crippen LogP contribution is 2.26. The zero-order valence-corrected chi connectivity index (χ0v) is 11.0. The van der Waals surface area contributed by atoms with Crippen molar-refractivity contribution in [2.24, 2.45) is 5.92 Å². The highest BCUT2D eigenvalue weighted by Gasteiger charge is 2.24. The largest absolute Gasteiger partial charge is 0.461 e. The van der Waals surface area contributed by atoms with E-state index in [9.17, 15) is 4.79 Å². The van der Waals surface area contributed by atoms with Gasteiger partial charge in [0.15, 0.2) is 0 Å². The maximum absolute atomic E-state index is 11.6. The van der Waals surface area contributed by atoms with Gasteiger partial charge in [0.25, 0.3) is 0 Å². The van der Waals surface area contributed by atoms with Gasteiger partial charge in [-0.2, -0.15) is 0 Å². The minimum absolute atomic E-state index is 0.232. The van der Waals surface area contributed by atoms with Crippen LogP contribution in [0.1, 0.15) is 31.4 Å². The van der Waals surface area contributed by atoms with Crippen LogP contribution in [0, 0.1) is 5.92 Å². The molecule has 0 unspecified atom stereocenters. The summed E-state index contributed by atoms with van der Waals surface area (Å²) < 4.78 is 5.74. The zero-order valence-electron chi connectivity index (χ0n) is 11.0. The molecule has 1 aliphatic rings. The smallest absolute Gasteiger partial charge is 0.223 e. The molecule has 1 amide bonds. The second-order valence-electron chi connectivity index (χ2n) is 5.27. The van der Waals surface area contributed by atoms with Gasteiger partial charge in [-0.05, 0) is 31.4 Å². The van der Waals surface area contributed by atoms with Crippen LogP contribution < -0.4 is 5.32 Å². The number of hydrogen-bond donors (Lipinski definition) is 1. The number of fused-ring (bicyclic) bond motifs is 1. The molecule has 0 bridgehead atoms. The quantitative estimate of drug-likeness (QED) is 0.835. The summed E-state index contributed by atoms with van der Waals surface area (Å²) >= 11 is 0. The van der Waals surface area contributed by atoms with E-state index >= 15 is 0 Å². The summed E-state index contributed by atoms with van der Waals surface area (Å²) in [5.41, 5.74) is 0.941. The van der Waals surface area contributed by atoms with Gasteiger partial charge in [-0.15, -0.1) is 0 Å². The normalized spacial score (nSPS) is 15.4. The highest BCUT2D eigenvalue weighted by atomic mass is 16.3. The predicted octanol–water partition coefficient (Wildman–Crippen LogP) is 3.28. The van der Waals surface area contributed by atoms with Gasteiger partial charge >= 0.3 is 0 Å². The fraction of sp³-hybridized carbons (Fsp3) is 0.438. The third-order valence-corrected chi connectivity index (χ3v) is 3.85. The summed E-state index contributed by atoms with van der Waals surface area (Å²) in [6.07, 6.45) is 5.14. The Morgan fingerprint density at radius 3 is 2.89 bits per heavy atom. The first-order valence-electron chi connectivity index (χ1n) is 7.08. The van der Waals surface area contributed by atoms with Crippen LogP contribution >= 0.6 is 0 Å². The standard InChI is InChI=1S/C16H19NO2/c18-16(12-6-3-7-12)17-10-4-8-14-11-13-5-1-2-9-15(13)19-14/h1-2,5,9,11-12H,3-4,6-8,10H2,(H,17,18). The van der Waals surface area contributed by atoms with Gasteiger partial charge in [0, 0.05) is 24.3 Å². The number of benzene rings is 1. The average molecular weight is 257 g/mol. The Bertz CT molecular complexity index is 536. The number of hydrogen-bond acceptors (Lipinski definition) is 2. The monoisotopic (exact) mass is 257 g/mol. The Labute approximate surface area is 113 Å². The first-order chi connectivity index (χ1) is 9.33. The lowest BCUT2D eigenvalue weighted by molar-refractivity contribution is -0.127. The molecule has 3 heteroatoms. The third kappa shape index (κ3) is 2.80. The van der Waals surface area contributed by atoms with Gasteiger partial charge in [-0.3, -0.25) is 4.79 Å². The molecule has 2 aromatic rings. The lowest BCUT2D eigenvalue weighted by Crippen LogP contribution is -2.35. The fourth-order valence-electron chi connectivity index (χ4n) is 2.45. The second kappa shape index (κ2) is 5.47. The molecule has 0 radical (unpaired) electrons. The fourth-order valence-corrected chi connectivity index (χ4v) is 2.45. The van der Waals surface area contributed by atoms with E-state index in [2.05, 4.69) is 17.4 Å². The number of rotatable bonds is 5. The Hall–Kier alpha value is -1.77. The molecule has 3 rings (SSSR count). The molecule has 0 atom stereocenters. The minimum Gasteiger partial charge on any atom is -0.461 e. The highest BCUT2D eigenvalue weighted by molar-refractivity contribution is 5.79. The maximum atomic E-state index is 11.6. The molecule has 0 aliphatic heterocycles. The van der Waals surface area contributed by atoms with Crippen molar-refractivity contribution in [2.45, 2.75) is 32.1 Å². The molecule has 1 heterocycles. The molecule has 100 valence electrons. The van der Waals surface area contributed by atoms with Crippen LogP contribution in [-0.2, 0) is 11.2 Å². The summed E-state index contributed by atoms with van der Waals surface area (Å²) in [7, 11) is 0. The van der Waals surface area contributed by atoms with Gasteiger partial charge in [-0.25, -0.2) is 0 Å². The van der Waals surface area contributed by atoms with E-state index in [1.54, 1.807) is 0 Å². The molecular formula is C16H19NO2.